The van der Waals surface area contributed by atoms with Crippen LogP contribution in [-0.4, -0.2) is 20.3 Å². The molecule has 0 N–H and O–H groups in total. The number of benzene rings is 3. The Hall–Kier alpha value is -3.84. The summed E-state index contributed by atoms with van der Waals surface area (Å²) in [5, 5.41) is 9.71. The summed E-state index contributed by atoms with van der Waals surface area (Å²) in [5.41, 5.74) is 4.34. The van der Waals surface area contributed by atoms with Gasteiger partial charge in [0.1, 0.15) is 24.7 Å². The molecule has 0 fully saturated rings. The second-order valence-electron chi connectivity index (χ2n) is 8.57. The number of thiophene rings is 1. The molecule has 0 unspecified atom stereocenters. The quantitative estimate of drug-likeness (QED) is 0.161. The van der Waals surface area contributed by atoms with Gasteiger partial charge in [0.05, 0.1) is 25.0 Å². The van der Waals surface area contributed by atoms with Crippen LogP contribution in [0.3, 0.4) is 0 Å². The molecule has 4 rings (SSSR count). The Morgan fingerprint density at radius 3 is 2.46 bits per heavy atom. The van der Waals surface area contributed by atoms with Crippen LogP contribution in [0.15, 0.2) is 60.7 Å². The van der Waals surface area contributed by atoms with Crippen LogP contribution < -0.4 is 9.47 Å². The molecule has 0 aliphatic rings. The molecule has 1 aromatic heterocycles. The largest absolute Gasteiger partial charge is 0.491 e. The number of halogens is 1. The van der Waals surface area contributed by atoms with E-state index in [0.717, 1.165) is 55.2 Å². The van der Waals surface area contributed by atoms with Gasteiger partial charge in [-0.15, -0.1) is 17.3 Å². The van der Waals surface area contributed by atoms with Crippen LogP contribution in [0.5, 0.6) is 11.5 Å². The number of ether oxygens (including phenoxy) is 3. The summed E-state index contributed by atoms with van der Waals surface area (Å²) in [5.74, 6) is 7.32. The van der Waals surface area contributed by atoms with Crippen LogP contribution in [0.25, 0.3) is 21.2 Å². The number of hydrogen-bond donors (Lipinski definition) is 0. The van der Waals surface area contributed by atoms with Crippen LogP contribution in [0.2, 0.25) is 0 Å². The lowest BCUT2D eigenvalue weighted by atomic mass is 9.97. The van der Waals surface area contributed by atoms with Crippen LogP contribution in [-0.2, 0) is 11.3 Å². The summed E-state index contributed by atoms with van der Waals surface area (Å²) in [7, 11) is 1.63. The van der Waals surface area contributed by atoms with Crippen molar-refractivity contribution in [3.63, 3.8) is 0 Å². The average Bonchev–Trinajstić information content (AvgIpc) is 3.23. The predicted molar refractivity (Wildman–Crippen MR) is 147 cm³/mol. The normalized spacial score (nSPS) is 11.4. The average molecular weight is 514 g/mol. The van der Waals surface area contributed by atoms with E-state index in [0.29, 0.717) is 31.8 Å². The van der Waals surface area contributed by atoms with Crippen molar-refractivity contribution in [2.75, 3.05) is 20.3 Å². The lowest BCUT2D eigenvalue weighted by molar-refractivity contribution is 0.146. The molecule has 0 bridgehead atoms. The molecule has 37 heavy (non-hydrogen) atoms. The highest BCUT2D eigenvalue weighted by molar-refractivity contribution is 7.18. The maximum atomic E-state index is 15.1. The van der Waals surface area contributed by atoms with E-state index >= 15 is 4.39 Å². The molecule has 6 heteroatoms. The van der Waals surface area contributed by atoms with Crippen molar-refractivity contribution in [2.45, 2.75) is 32.8 Å². The molecule has 3 aromatic carbocycles. The molecule has 0 aliphatic heterocycles. The Morgan fingerprint density at radius 1 is 0.973 bits per heavy atom. The van der Waals surface area contributed by atoms with Gasteiger partial charge in [-0.05, 0) is 72.5 Å². The topological polar surface area (TPSA) is 51.5 Å². The fourth-order valence-corrected chi connectivity index (χ4v) is 5.11. The maximum absolute atomic E-state index is 15.1. The Balaban J connectivity index is 1.53. The molecule has 0 aliphatic carbocycles. The Bertz CT molecular complexity index is 1470. The maximum Gasteiger partial charge on any atom is 0.185 e. The summed E-state index contributed by atoms with van der Waals surface area (Å²) in [6.45, 7) is 5.07. The fourth-order valence-electron chi connectivity index (χ4n) is 4.19. The van der Waals surface area contributed by atoms with E-state index in [9.17, 15) is 0 Å². The van der Waals surface area contributed by atoms with Crippen LogP contribution in [0.1, 0.15) is 36.0 Å². The summed E-state index contributed by atoms with van der Waals surface area (Å²) in [4.78, 5) is 0. The molecular weight excluding hydrogens is 485 g/mol. The smallest absolute Gasteiger partial charge is 0.185 e. The van der Waals surface area contributed by atoms with E-state index in [1.807, 2.05) is 67.6 Å². The van der Waals surface area contributed by atoms with E-state index < -0.39 is 0 Å². The van der Waals surface area contributed by atoms with Gasteiger partial charge < -0.3 is 14.2 Å². The van der Waals surface area contributed by atoms with E-state index in [4.69, 9.17) is 19.5 Å². The van der Waals surface area contributed by atoms with Gasteiger partial charge in [0.15, 0.2) is 5.13 Å². The molecular formula is C31H28FNO3S. The molecule has 0 saturated carbocycles. The minimum atomic E-state index is -0.207. The molecule has 0 amide bonds. The van der Waals surface area contributed by atoms with Crippen molar-refractivity contribution in [3.8, 4) is 40.5 Å². The van der Waals surface area contributed by atoms with Gasteiger partial charge in [0.25, 0.3) is 0 Å². The molecule has 1 heterocycles. The lowest BCUT2D eigenvalue weighted by Crippen LogP contribution is -2.04. The summed E-state index contributed by atoms with van der Waals surface area (Å²) >= 11 is 1.15. The Labute approximate surface area is 221 Å². The number of aryl methyl sites for hydroxylation is 1. The second kappa shape index (κ2) is 12.4. The Kier molecular flexibility index (Phi) is 8.80. The number of nitrogens with zero attached hydrogens (tertiary/aromatic N) is 1. The monoisotopic (exact) mass is 513 g/mol. The third-order valence-corrected chi connectivity index (χ3v) is 6.99. The molecule has 0 spiro atoms. The van der Waals surface area contributed by atoms with Crippen molar-refractivity contribution in [3.05, 3.63) is 82.5 Å². The van der Waals surface area contributed by atoms with E-state index in [2.05, 4.69) is 17.9 Å². The van der Waals surface area contributed by atoms with Crippen molar-refractivity contribution in [1.82, 2.24) is 0 Å². The van der Waals surface area contributed by atoms with Crippen LogP contribution in [0, 0.1) is 35.2 Å². The van der Waals surface area contributed by atoms with Gasteiger partial charge in [-0.1, -0.05) is 30.2 Å². The van der Waals surface area contributed by atoms with Gasteiger partial charge in [-0.2, -0.15) is 9.65 Å². The van der Waals surface area contributed by atoms with Crippen LogP contribution in [0.4, 0.5) is 4.39 Å². The molecule has 0 radical (unpaired) electrons. The van der Waals surface area contributed by atoms with Crippen molar-refractivity contribution >= 4 is 21.4 Å². The summed E-state index contributed by atoms with van der Waals surface area (Å²) in [6.07, 6.45) is 0.351. The first-order valence-corrected chi connectivity index (χ1v) is 12.8. The van der Waals surface area contributed by atoms with Crippen molar-refractivity contribution < 1.29 is 18.6 Å². The van der Waals surface area contributed by atoms with Crippen LogP contribution >= 0.6 is 11.3 Å². The minimum Gasteiger partial charge on any atom is -0.491 e. The standard InChI is InChI=1S/C31H28FNO3S/c1-4-5-23(14-15-33)24-7-9-25(10-8-24)36-20-22-6-13-29-28(19-22)30(31(32)37-29)27-12-11-26(18-21(27)2)35-17-16-34-3/h6-13,18-19,23H,14,16-17,20H2,1-3H3/t23-/m0/s1. The number of hydrogen-bond acceptors (Lipinski definition) is 5. The third-order valence-electron chi connectivity index (χ3n) is 6.03. The molecule has 0 saturated heterocycles. The number of fused-ring (bicyclic) bond motifs is 1. The molecule has 1 atom stereocenters. The third kappa shape index (κ3) is 6.30. The highest BCUT2D eigenvalue weighted by atomic mass is 32.1. The van der Waals surface area contributed by atoms with Gasteiger partial charge in [-0.3, -0.25) is 0 Å². The number of rotatable bonds is 10. The predicted octanol–water partition coefficient (Wildman–Crippen LogP) is 7.64. The van der Waals surface area contributed by atoms with E-state index in [1.54, 1.807) is 14.0 Å². The highest BCUT2D eigenvalue weighted by Crippen LogP contribution is 2.40. The van der Waals surface area contributed by atoms with E-state index in [1.165, 1.54) is 0 Å². The zero-order chi connectivity index (χ0) is 26.2. The SMILES string of the molecule is CC#C[C@@H](CC#N)c1ccc(OCc2ccc3sc(F)c(-c4ccc(OCCOC)cc4C)c3c2)cc1. The fraction of sp³-hybridized carbons (Fsp3) is 0.258. The minimum absolute atomic E-state index is 0.104. The summed E-state index contributed by atoms with van der Waals surface area (Å²) < 4.78 is 32.8. The van der Waals surface area contributed by atoms with Crippen molar-refractivity contribution in [1.29, 1.82) is 5.26 Å². The summed E-state index contributed by atoms with van der Waals surface area (Å²) in [6, 6.07) is 21.5. The molecule has 4 aromatic rings. The highest BCUT2D eigenvalue weighted by Gasteiger charge is 2.17. The first-order valence-electron chi connectivity index (χ1n) is 12.0. The Morgan fingerprint density at radius 2 is 1.76 bits per heavy atom. The molecule has 4 nitrogen and oxygen atoms in total. The first kappa shape index (κ1) is 26.2. The second-order valence-corrected chi connectivity index (χ2v) is 9.57. The van der Waals surface area contributed by atoms with Gasteiger partial charge in [0.2, 0.25) is 0 Å². The molecule has 188 valence electrons. The van der Waals surface area contributed by atoms with Gasteiger partial charge in [0, 0.05) is 22.8 Å². The number of nitriles is 1. The zero-order valence-corrected chi connectivity index (χ0v) is 22.0. The van der Waals surface area contributed by atoms with Crippen molar-refractivity contribution in [2.24, 2.45) is 0 Å². The van der Waals surface area contributed by atoms with Gasteiger partial charge in [-0.25, -0.2) is 0 Å². The van der Waals surface area contributed by atoms with Gasteiger partial charge >= 0.3 is 0 Å². The lowest BCUT2D eigenvalue weighted by Gasteiger charge is -2.11. The first-order chi connectivity index (χ1) is 18.0. The zero-order valence-electron chi connectivity index (χ0n) is 21.1. The number of methoxy groups -OCH3 is 1. The van der Waals surface area contributed by atoms with E-state index in [-0.39, 0.29) is 11.0 Å².